The van der Waals surface area contributed by atoms with E-state index in [4.69, 9.17) is 4.98 Å². The van der Waals surface area contributed by atoms with E-state index in [0.717, 1.165) is 35.3 Å². The molecule has 2 nitrogen and oxygen atoms in total. The summed E-state index contributed by atoms with van der Waals surface area (Å²) < 4.78 is 2.44. The largest absolute Gasteiger partial charge is 0.293 e. The first kappa shape index (κ1) is 30.4. The molecule has 1 atom stereocenters. The van der Waals surface area contributed by atoms with Crippen molar-refractivity contribution in [2.75, 3.05) is 0 Å². The molecule has 0 N–H and O–H groups in total. The Labute approximate surface area is 310 Å². The molecule has 2 aromatic heterocycles. The van der Waals surface area contributed by atoms with E-state index in [1.807, 2.05) is 0 Å². The second-order valence-electron chi connectivity index (χ2n) is 15.4. The third-order valence-electron chi connectivity index (χ3n) is 12.3. The van der Waals surface area contributed by atoms with Gasteiger partial charge in [-0.2, -0.15) is 0 Å². The van der Waals surface area contributed by atoms with Crippen LogP contribution >= 0.6 is 0 Å². The Hall–Kier alpha value is -6.25. The van der Waals surface area contributed by atoms with E-state index in [2.05, 4.69) is 182 Å². The van der Waals surface area contributed by atoms with Crippen LogP contribution in [0, 0.1) is 0 Å². The maximum absolute atomic E-state index is 5.50. The van der Waals surface area contributed by atoms with Gasteiger partial charge < -0.3 is 0 Å². The first-order valence-electron chi connectivity index (χ1n) is 18.9. The number of benzene rings is 7. The van der Waals surface area contributed by atoms with Gasteiger partial charge in [0, 0.05) is 33.1 Å². The summed E-state index contributed by atoms with van der Waals surface area (Å²) in [4.78, 5) is 5.50. The highest BCUT2D eigenvalue weighted by Gasteiger charge is 2.39. The summed E-state index contributed by atoms with van der Waals surface area (Å²) in [5.74, 6) is 1.23. The van der Waals surface area contributed by atoms with Crippen molar-refractivity contribution in [3.63, 3.8) is 0 Å². The molecular formula is C51H38N2. The topological polar surface area (TPSA) is 17.8 Å². The molecule has 2 heteroatoms. The minimum atomic E-state index is -0.0482. The zero-order valence-electron chi connectivity index (χ0n) is 30.0. The van der Waals surface area contributed by atoms with Crippen LogP contribution in [0.5, 0.6) is 0 Å². The quantitative estimate of drug-likeness (QED) is 0.182. The standard InChI is InChI=1S/C51H38N2/c1-51(2)42-23-13-11-21-40(42)47-38-26-25-35(32-15-5-3-6-16-32)37-28-30-46-49(48(37)39(38)27-29-43(47)51)41-22-12-14-24-45(41)53(46)50-36-20-10-9-19-34(36)31-44(52-50)33-17-7-4-8-18-33/h3-24,27-31,35H,25-26H2,1-2H3. The monoisotopic (exact) mass is 678 g/mol. The van der Waals surface area contributed by atoms with Crippen molar-refractivity contribution in [2.45, 2.75) is 38.0 Å². The fourth-order valence-electron chi connectivity index (χ4n) is 9.83. The lowest BCUT2D eigenvalue weighted by atomic mass is 9.80. The fourth-order valence-corrected chi connectivity index (χ4v) is 9.83. The third-order valence-corrected chi connectivity index (χ3v) is 12.3. The van der Waals surface area contributed by atoms with E-state index < -0.39 is 0 Å². The van der Waals surface area contributed by atoms with Crippen LogP contribution in [0.4, 0.5) is 0 Å². The Morgan fingerprint density at radius 3 is 2.15 bits per heavy atom. The van der Waals surface area contributed by atoms with Crippen LogP contribution in [0.1, 0.15) is 54.0 Å². The van der Waals surface area contributed by atoms with Gasteiger partial charge in [-0.1, -0.05) is 159 Å². The minimum Gasteiger partial charge on any atom is -0.293 e. The molecule has 53 heavy (non-hydrogen) atoms. The molecule has 9 aromatic rings. The second kappa shape index (κ2) is 11.4. The molecule has 2 aliphatic rings. The fraction of sp³-hybridized carbons (Fsp3) is 0.118. The average molecular weight is 679 g/mol. The molecule has 0 spiro atoms. The van der Waals surface area contributed by atoms with Crippen LogP contribution in [0.3, 0.4) is 0 Å². The maximum atomic E-state index is 5.50. The predicted molar refractivity (Wildman–Crippen MR) is 221 cm³/mol. The molecule has 0 aliphatic heterocycles. The van der Waals surface area contributed by atoms with E-state index in [-0.39, 0.29) is 11.3 Å². The first-order chi connectivity index (χ1) is 26.1. The molecule has 0 fully saturated rings. The Morgan fingerprint density at radius 2 is 1.30 bits per heavy atom. The van der Waals surface area contributed by atoms with Gasteiger partial charge in [0.1, 0.15) is 5.82 Å². The number of para-hydroxylation sites is 1. The van der Waals surface area contributed by atoms with Crippen LogP contribution in [0.25, 0.3) is 71.9 Å². The number of hydrogen-bond donors (Lipinski definition) is 0. The van der Waals surface area contributed by atoms with Crippen LogP contribution in [-0.2, 0) is 11.8 Å². The summed E-state index contributed by atoms with van der Waals surface area (Å²) in [6.07, 6.45) is 2.07. The number of pyridine rings is 1. The molecule has 2 heterocycles. The highest BCUT2D eigenvalue weighted by atomic mass is 15.1. The predicted octanol–water partition coefficient (Wildman–Crippen LogP) is 13.1. The molecule has 1 unspecified atom stereocenters. The van der Waals surface area contributed by atoms with Gasteiger partial charge in [0.25, 0.3) is 0 Å². The Bertz CT molecular complexity index is 2910. The molecule has 0 bridgehead atoms. The molecule has 0 saturated carbocycles. The van der Waals surface area contributed by atoms with Gasteiger partial charge >= 0.3 is 0 Å². The molecule has 252 valence electrons. The van der Waals surface area contributed by atoms with Crippen LogP contribution < -0.4 is 0 Å². The maximum Gasteiger partial charge on any atom is 0.146 e. The number of rotatable bonds is 3. The van der Waals surface area contributed by atoms with Crippen molar-refractivity contribution in [1.82, 2.24) is 9.55 Å². The third kappa shape index (κ3) is 4.36. The zero-order valence-corrected chi connectivity index (χ0v) is 30.0. The van der Waals surface area contributed by atoms with Crippen molar-refractivity contribution >= 4 is 32.6 Å². The second-order valence-corrected chi connectivity index (χ2v) is 15.4. The smallest absolute Gasteiger partial charge is 0.146 e. The summed E-state index contributed by atoms with van der Waals surface area (Å²) in [5, 5.41) is 4.90. The lowest BCUT2D eigenvalue weighted by molar-refractivity contribution is 0.659. The number of hydrogen-bond acceptors (Lipinski definition) is 1. The van der Waals surface area contributed by atoms with Crippen molar-refractivity contribution in [3.8, 4) is 39.3 Å². The Kier molecular flexibility index (Phi) is 6.52. The van der Waals surface area contributed by atoms with E-state index in [0.29, 0.717) is 0 Å². The van der Waals surface area contributed by atoms with E-state index >= 15 is 0 Å². The zero-order chi connectivity index (χ0) is 35.3. The van der Waals surface area contributed by atoms with Gasteiger partial charge in [-0.3, -0.25) is 4.57 Å². The van der Waals surface area contributed by atoms with Crippen molar-refractivity contribution < 1.29 is 0 Å². The first-order valence-corrected chi connectivity index (χ1v) is 18.9. The van der Waals surface area contributed by atoms with E-state index in [9.17, 15) is 0 Å². The number of aromatic nitrogens is 2. The SMILES string of the molecule is CC1(C)c2ccccc2-c2c1ccc1c2CCC(c2ccccc2)c2ccc3c(c2-1)c1ccccc1n3-c1nc(-c2ccccc2)cc2ccccc12. The molecule has 2 aliphatic carbocycles. The highest BCUT2D eigenvalue weighted by molar-refractivity contribution is 6.18. The highest BCUT2D eigenvalue weighted by Crippen LogP contribution is 2.55. The van der Waals surface area contributed by atoms with Crippen molar-refractivity contribution in [1.29, 1.82) is 0 Å². The summed E-state index contributed by atoms with van der Waals surface area (Å²) in [5.41, 5.74) is 17.1. The van der Waals surface area contributed by atoms with E-state index in [1.54, 1.807) is 0 Å². The van der Waals surface area contributed by atoms with Gasteiger partial charge in [0.15, 0.2) is 0 Å². The Balaban J connectivity index is 1.28. The molecule has 0 saturated heterocycles. The van der Waals surface area contributed by atoms with Crippen LogP contribution in [0.2, 0.25) is 0 Å². The Morgan fingerprint density at radius 1 is 0.585 bits per heavy atom. The minimum absolute atomic E-state index is 0.0482. The average Bonchev–Trinajstić information content (AvgIpc) is 3.59. The molecular weight excluding hydrogens is 641 g/mol. The summed E-state index contributed by atoms with van der Waals surface area (Å²) in [7, 11) is 0. The molecule has 11 rings (SSSR count). The summed E-state index contributed by atoms with van der Waals surface area (Å²) in [6.45, 7) is 4.79. The van der Waals surface area contributed by atoms with Gasteiger partial charge in [0.05, 0.1) is 16.7 Å². The lowest BCUT2D eigenvalue weighted by Crippen LogP contribution is -2.15. The number of fused-ring (bicyclic) bond motifs is 12. The summed E-state index contributed by atoms with van der Waals surface area (Å²) in [6, 6.07) is 60.5. The van der Waals surface area contributed by atoms with Gasteiger partial charge in [-0.25, -0.2) is 4.98 Å². The normalized spacial score (nSPS) is 15.5. The van der Waals surface area contributed by atoms with Gasteiger partial charge in [0.2, 0.25) is 0 Å². The molecule has 0 amide bonds. The van der Waals surface area contributed by atoms with Crippen molar-refractivity contribution in [2.24, 2.45) is 0 Å². The lowest BCUT2D eigenvalue weighted by Gasteiger charge is -2.23. The summed E-state index contributed by atoms with van der Waals surface area (Å²) >= 11 is 0. The van der Waals surface area contributed by atoms with Gasteiger partial charge in [-0.05, 0) is 86.5 Å². The van der Waals surface area contributed by atoms with E-state index in [1.165, 1.54) is 77.3 Å². The molecule has 0 radical (unpaired) electrons. The number of nitrogens with zero attached hydrogens (tertiary/aromatic N) is 2. The van der Waals surface area contributed by atoms with Crippen LogP contribution in [0.15, 0.2) is 164 Å². The molecule has 7 aromatic carbocycles. The van der Waals surface area contributed by atoms with Crippen LogP contribution in [-0.4, -0.2) is 9.55 Å². The van der Waals surface area contributed by atoms with Gasteiger partial charge in [-0.15, -0.1) is 0 Å². The van der Waals surface area contributed by atoms with Crippen molar-refractivity contribution in [3.05, 3.63) is 192 Å².